The van der Waals surface area contributed by atoms with Gasteiger partial charge >= 0.3 is 0 Å². The summed E-state index contributed by atoms with van der Waals surface area (Å²) in [6.45, 7) is 0. The number of ether oxygens (including phenoxy) is 1. The number of hydrogen-bond acceptors (Lipinski definition) is 4. The fourth-order valence-electron chi connectivity index (χ4n) is 1.79. The highest BCUT2D eigenvalue weighted by Crippen LogP contribution is 2.55. The number of nitrogens with zero attached hydrogens (tertiary/aromatic N) is 1. The number of methoxy groups -OCH3 is 1. The van der Waals surface area contributed by atoms with E-state index in [1.165, 1.54) is 13.2 Å². The molecule has 1 aromatic rings. The Labute approximate surface area is 105 Å². The van der Waals surface area contributed by atoms with Crippen LogP contribution in [0.15, 0.2) is 15.5 Å². The van der Waals surface area contributed by atoms with Crippen LogP contribution in [0, 0.1) is 5.82 Å². The molecule has 0 saturated heterocycles. The molecule has 1 saturated carbocycles. The molecule has 0 radical (unpaired) electrons. The highest BCUT2D eigenvalue weighted by molar-refractivity contribution is 9.10. The molecular weight excluding hydrogens is 293 g/mol. The van der Waals surface area contributed by atoms with Gasteiger partial charge in [0.15, 0.2) is 11.5 Å². The third kappa shape index (κ3) is 1.83. The molecule has 1 fully saturated rings. The molecular formula is C11H9BrFNO3. The summed E-state index contributed by atoms with van der Waals surface area (Å²) >= 11 is 3.11. The Balaban J connectivity index is 2.63. The number of benzene rings is 1. The molecule has 1 aliphatic carbocycles. The summed E-state index contributed by atoms with van der Waals surface area (Å²) < 4.78 is 18.9. The molecule has 0 spiro atoms. The minimum absolute atomic E-state index is 0.0315. The summed E-state index contributed by atoms with van der Waals surface area (Å²) in [5.41, 5.74) is -0.701. The number of rotatable bonds is 3. The van der Waals surface area contributed by atoms with Crippen LogP contribution < -0.4 is 4.74 Å². The number of hydrogen-bond donors (Lipinski definition) is 1. The Bertz CT molecular complexity index is 522. The number of phenols is 1. The van der Waals surface area contributed by atoms with Gasteiger partial charge in [-0.25, -0.2) is 9.18 Å². The van der Waals surface area contributed by atoms with Crippen molar-refractivity contribution in [3.8, 4) is 11.5 Å². The molecule has 1 N–H and O–H groups in total. The van der Waals surface area contributed by atoms with E-state index in [-0.39, 0.29) is 21.5 Å². The highest BCUT2D eigenvalue weighted by Gasteiger charge is 2.49. The summed E-state index contributed by atoms with van der Waals surface area (Å²) in [5, 5.41) is 9.78. The van der Waals surface area contributed by atoms with E-state index >= 15 is 0 Å². The van der Waals surface area contributed by atoms with Crippen LogP contribution in [0.5, 0.6) is 11.5 Å². The van der Waals surface area contributed by atoms with Gasteiger partial charge in [0, 0.05) is 11.6 Å². The number of isocyanates is 1. The molecule has 0 amide bonds. The molecule has 90 valence electrons. The van der Waals surface area contributed by atoms with E-state index in [4.69, 9.17) is 4.74 Å². The average molecular weight is 302 g/mol. The van der Waals surface area contributed by atoms with E-state index in [0.717, 1.165) is 6.07 Å². The monoisotopic (exact) mass is 301 g/mol. The smallest absolute Gasteiger partial charge is 0.235 e. The van der Waals surface area contributed by atoms with Crippen molar-refractivity contribution in [1.29, 1.82) is 0 Å². The van der Waals surface area contributed by atoms with E-state index < -0.39 is 11.4 Å². The van der Waals surface area contributed by atoms with Crippen LogP contribution in [-0.4, -0.2) is 18.3 Å². The lowest BCUT2D eigenvalue weighted by molar-refractivity contribution is 0.366. The van der Waals surface area contributed by atoms with Gasteiger partial charge in [-0.05, 0) is 28.8 Å². The van der Waals surface area contributed by atoms with Gasteiger partial charge in [0.2, 0.25) is 6.08 Å². The van der Waals surface area contributed by atoms with Crippen molar-refractivity contribution in [2.24, 2.45) is 4.99 Å². The number of phenolic OH excluding ortho intramolecular Hbond substituents is 1. The molecule has 0 aliphatic heterocycles. The second kappa shape index (κ2) is 4.13. The molecule has 0 atom stereocenters. The first-order valence-corrected chi connectivity index (χ1v) is 5.69. The van der Waals surface area contributed by atoms with Crippen LogP contribution in [0.2, 0.25) is 0 Å². The summed E-state index contributed by atoms with van der Waals surface area (Å²) in [7, 11) is 1.33. The Hall–Kier alpha value is -1.39. The predicted molar refractivity (Wildman–Crippen MR) is 61.4 cm³/mol. The zero-order valence-corrected chi connectivity index (χ0v) is 10.5. The van der Waals surface area contributed by atoms with E-state index in [1.54, 1.807) is 0 Å². The second-order valence-corrected chi connectivity index (χ2v) is 4.63. The van der Waals surface area contributed by atoms with Gasteiger partial charge < -0.3 is 9.84 Å². The van der Waals surface area contributed by atoms with Crippen molar-refractivity contribution in [1.82, 2.24) is 0 Å². The minimum atomic E-state index is -0.881. The van der Waals surface area contributed by atoms with Gasteiger partial charge in [-0.3, -0.25) is 0 Å². The number of aromatic hydroxyl groups is 1. The van der Waals surface area contributed by atoms with Crippen molar-refractivity contribution >= 4 is 22.0 Å². The molecule has 0 unspecified atom stereocenters. The third-order valence-corrected chi connectivity index (χ3v) is 3.60. The second-order valence-electron chi connectivity index (χ2n) is 3.83. The lowest BCUT2D eigenvalue weighted by atomic mass is 10.0. The fourth-order valence-corrected chi connectivity index (χ4v) is 2.55. The maximum atomic E-state index is 13.9. The molecule has 0 bridgehead atoms. The van der Waals surface area contributed by atoms with Crippen molar-refractivity contribution in [2.75, 3.05) is 7.11 Å². The van der Waals surface area contributed by atoms with Gasteiger partial charge in [-0.2, -0.15) is 4.99 Å². The van der Waals surface area contributed by atoms with Crippen LogP contribution in [-0.2, 0) is 10.3 Å². The zero-order chi connectivity index (χ0) is 12.6. The summed E-state index contributed by atoms with van der Waals surface area (Å²) in [6.07, 6.45) is 2.56. The Kier molecular flexibility index (Phi) is 2.93. The predicted octanol–water partition coefficient (Wildman–Crippen LogP) is 2.63. The SMILES string of the molecule is COc1cc(F)c(C2(N=C=O)CC2)c(Br)c1O. The maximum absolute atomic E-state index is 13.9. The van der Waals surface area contributed by atoms with Crippen LogP contribution in [0.4, 0.5) is 4.39 Å². The molecule has 2 rings (SSSR count). The lowest BCUT2D eigenvalue weighted by Gasteiger charge is -2.15. The van der Waals surface area contributed by atoms with Crippen LogP contribution in [0.1, 0.15) is 18.4 Å². The van der Waals surface area contributed by atoms with Crippen molar-refractivity contribution < 1.29 is 19.0 Å². The first-order chi connectivity index (χ1) is 8.05. The number of carbonyl (C=O) groups excluding carboxylic acids is 1. The normalized spacial score (nSPS) is 16.2. The molecule has 1 aliphatic rings. The third-order valence-electron chi connectivity index (χ3n) is 2.83. The quantitative estimate of drug-likeness (QED) is 0.690. The zero-order valence-electron chi connectivity index (χ0n) is 8.96. The van der Waals surface area contributed by atoms with Crippen LogP contribution in [0.3, 0.4) is 0 Å². The molecule has 17 heavy (non-hydrogen) atoms. The average Bonchev–Trinajstić information content (AvgIpc) is 3.05. The van der Waals surface area contributed by atoms with Gasteiger partial charge in [-0.1, -0.05) is 0 Å². The van der Waals surface area contributed by atoms with E-state index in [2.05, 4.69) is 20.9 Å². The van der Waals surface area contributed by atoms with Crippen molar-refractivity contribution in [2.45, 2.75) is 18.4 Å². The summed E-state index contributed by atoms with van der Waals surface area (Å²) in [5.74, 6) is -0.733. The van der Waals surface area contributed by atoms with Crippen molar-refractivity contribution in [3.05, 3.63) is 21.9 Å². The Morgan fingerprint density at radius 3 is 2.76 bits per heavy atom. The Morgan fingerprint density at radius 2 is 2.29 bits per heavy atom. The van der Waals surface area contributed by atoms with E-state index in [0.29, 0.717) is 12.8 Å². The molecule has 0 aromatic heterocycles. The standard InChI is InChI=1S/C11H9BrFNO3/c1-17-7-4-6(13)8(9(12)10(7)16)11(2-3-11)14-5-15/h4,16H,2-3H2,1H3. The summed E-state index contributed by atoms with van der Waals surface area (Å²) in [6, 6.07) is 1.08. The highest BCUT2D eigenvalue weighted by atomic mass is 79.9. The topological polar surface area (TPSA) is 58.9 Å². The maximum Gasteiger partial charge on any atom is 0.235 e. The van der Waals surface area contributed by atoms with Gasteiger partial charge in [0.25, 0.3) is 0 Å². The van der Waals surface area contributed by atoms with Crippen LogP contribution >= 0.6 is 15.9 Å². The first-order valence-electron chi connectivity index (χ1n) is 4.90. The van der Waals surface area contributed by atoms with Gasteiger partial charge in [0.05, 0.1) is 11.6 Å². The largest absolute Gasteiger partial charge is 0.503 e. The van der Waals surface area contributed by atoms with Gasteiger partial charge in [-0.15, -0.1) is 0 Å². The molecule has 6 heteroatoms. The van der Waals surface area contributed by atoms with Crippen LogP contribution in [0.25, 0.3) is 0 Å². The molecule has 0 heterocycles. The minimum Gasteiger partial charge on any atom is -0.503 e. The fraction of sp³-hybridized carbons (Fsp3) is 0.364. The van der Waals surface area contributed by atoms with E-state index in [9.17, 15) is 14.3 Å². The summed E-state index contributed by atoms with van der Waals surface area (Å²) in [4.78, 5) is 14.0. The molecule has 4 nitrogen and oxygen atoms in total. The first kappa shape index (κ1) is 12.1. The Morgan fingerprint density at radius 1 is 1.65 bits per heavy atom. The van der Waals surface area contributed by atoms with Gasteiger partial charge in [0.1, 0.15) is 11.4 Å². The number of halogens is 2. The van der Waals surface area contributed by atoms with E-state index in [1.807, 2.05) is 0 Å². The molecule has 1 aromatic carbocycles. The lowest BCUT2D eigenvalue weighted by Crippen LogP contribution is -2.07. The number of aliphatic imine (C=N–C) groups is 1. The van der Waals surface area contributed by atoms with Crippen molar-refractivity contribution in [3.63, 3.8) is 0 Å².